The molecule has 128 valence electrons. The van der Waals surface area contributed by atoms with Gasteiger partial charge in [0.15, 0.2) is 0 Å². The summed E-state index contributed by atoms with van der Waals surface area (Å²) in [6.07, 6.45) is 3.43. The zero-order valence-electron chi connectivity index (χ0n) is 14.4. The van der Waals surface area contributed by atoms with Crippen molar-refractivity contribution in [2.24, 2.45) is 0 Å². The molecule has 1 atom stereocenters. The van der Waals surface area contributed by atoms with Gasteiger partial charge in [0.25, 0.3) is 5.91 Å². The lowest BCUT2D eigenvalue weighted by molar-refractivity contribution is -0.124. The molecule has 1 fully saturated rings. The first-order valence-corrected chi connectivity index (χ1v) is 8.94. The van der Waals surface area contributed by atoms with Crippen LogP contribution in [-0.4, -0.2) is 35.8 Å². The molecular weight excluding hydrogens is 312 g/mol. The van der Waals surface area contributed by atoms with Crippen molar-refractivity contribution in [3.05, 3.63) is 65.2 Å². The van der Waals surface area contributed by atoms with Gasteiger partial charge in [0.2, 0.25) is 5.91 Å². The maximum atomic E-state index is 12.9. The van der Waals surface area contributed by atoms with E-state index in [4.69, 9.17) is 0 Å². The Morgan fingerprint density at radius 2 is 1.76 bits per heavy atom. The van der Waals surface area contributed by atoms with Crippen molar-refractivity contribution in [1.82, 2.24) is 4.90 Å². The number of aryl methyl sites for hydroxylation is 2. The monoisotopic (exact) mass is 334 g/mol. The lowest BCUT2D eigenvalue weighted by atomic mass is 10.1. The first kappa shape index (κ1) is 15.9. The van der Waals surface area contributed by atoms with Crippen molar-refractivity contribution >= 4 is 17.5 Å². The predicted molar refractivity (Wildman–Crippen MR) is 97.8 cm³/mol. The SMILES string of the molecule is CC1C(=O)N(c2ccc3c(c2)CCC3)CCN1C(=O)c1ccccc1. The molecule has 25 heavy (non-hydrogen) atoms. The zero-order valence-corrected chi connectivity index (χ0v) is 14.4. The van der Waals surface area contributed by atoms with Crippen LogP contribution in [0.3, 0.4) is 0 Å². The summed E-state index contributed by atoms with van der Waals surface area (Å²) in [5.41, 5.74) is 4.36. The largest absolute Gasteiger partial charge is 0.325 e. The van der Waals surface area contributed by atoms with Crippen LogP contribution in [0.2, 0.25) is 0 Å². The average molecular weight is 334 g/mol. The highest BCUT2D eigenvalue weighted by Crippen LogP contribution is 2.28. The van der Waals surface area contributed by atoms with E-state index in [0.29, 0.717) is 18.7 Å². The van der Waals surface area contributed by atoms with Gasteiger partial charge in [0, 0.05) is 24.3 Å². The molecule has 4 rings (SSSR count). The Bertz CT molecular complexity index is 816. The van der Waals surface area contributed by atoms with Crippen molar-refractivity contribution in [2.45, 2.75) is 32.2 Å². The number of amides is 2. The number of hydrogen-bond donors (Lipinski definition) is 0. The van der Waals surface area contributed by atoms with Crippen molar-refractivity contribution in [3.8, 4) is 0 Å². The fourth-order valence-corrected chi connectivity index (χ4v) is 3.88. The molecule has 1 saturated heterocycles. The number of nitrogens with zero attached hydrogens (tertiary/aromatic N) is 2. The molecule has 4 heteroatoms. The zero-order chi connectivity index (χ0) is 17.4. The molecule has 1 heterocycles. The molecule has 2 aromatic carbocycles. The minimum Gasteiger partial charge on any atom is -0.325 e. The molecule has 1 aliphatic carbocycles. The van der Waals surface area contributed by atoms with Crippen molar-refractivity contribution in [1.29, 1.82) is 0 Å². The number of rotatable bonds is 2. The lowest BCUT2D eigenvalue weighted by Crippen LogP contribution is -2.57. The third-order valence-corrected chi connectivity index (χ3v) is 5.33. The van der Waals surface area contributed by atoms with Gasteiger partial charge in [-0.25, -0.2) is 0 Å². The highest BCUT2D eigenvalue weighted by Gasteiger charge is 2.35. The van der Waals surface area contributed by atoms with Gasteiger partial charge in [-0.3, -0.25) is 9.59 Å². The quantitative estimate of drug-likeness (QED) is 0.847. The summed E-state index contributed by atoms with van der Waals surface area (Å²) >= 11 is 0. The number of hydrogen-bond acceptors (Lipinski definition) is 2. The molecule has 1 unspecified atom stereocenters. The molecule has 0 radical (unpaired) electrons. The maximum absolute atomic E-state index is 12.9. The highest BCUT2D eigenvalue weighted by molar-refractivity contribution is 6.03. The van der Waals surface area contributed by atoms with Crippen LogP contribution in [0, 0.1) is 0 Å². The molecule has 2 aromatic rings. The van der Waals surface area contributed by atoms with Gasteiger partial charge in [-0.1, -0.05) is 24.3 Å². The second kappa shape index (κ2) is 6.36. The van der Waals surface area contributed by atoms with Gasteiger partial charge in [-0.2, -0.15) is 0 Å². The van der Waals surface area contributed by atoms with Crippen LogP contribution in [0.1, 0.15) is 34.8 Å². The standard InChI is InChI=1S/C21H22N2O2/c1-15-20(24)23(19-11-10-16-8-5-9-18(16)14-19)13-12-22(15)21(25)17-6-3-2-4-7-17/h2-4,6-7,10-11,14-15H,5,8-9,12-13H2,1H3. The molecule has 0 N–H and O–H groups in total. The molecule has 0 spiro atoms. The summed E-state index contributed by atoms with van der Waals surface area (Å²) in [6, 6.07) is 15.1. The van der Waals surface area contributed by atoms with Crippen LogP contribution in [-0.2, 0) is 17.6 Å². The minimum atomic E-state index is -0.449. The van der Waals surface area contributed by atoms with Crippen molar-refractivity contribution in [3.63, 3.8) is 0 Å². The molecular formula is C21H22N2O2. The minimum absolute atomic E-state index is 0.00604. The van der Waals surface area contributed by atoms with Crippen LogP contribution >= 0.6 is 0 Å². The van der Waals surface area contributed by atoms with Crippen LogP contribution < -0.4 is 4.90 Å². The molecule has 4 nitrogen and oxygen atoms in total. The fourth-order valence-electron chi connectivity index (χ4n) is 3.88. The van der Waals surface area contributed by atoms with Crippen LogP contribution in [0.15, 0.2) is 48.5 Å². The summed E-state index contributed by atoms with van der Waals surface area (Å²) in [5.74, 6) is -0.0801. The van der Waals surface area contributed by atoms with E-state index in [1.165, 1.54) is 17.5 Å². The number of carbonyl (C=O) groups is 2. The van der Waals surface area contributed by atoms with E-state index < -0.39 is 6.04 Å². The Hall–Kier alpha value is -2.62. The summed E-state index contributed by atoms with van der Waals surface area (Å²) in [6.45, 7) is 2.92. The molecule has 0 saturated carbocycles. The van der Waals surface area contributed by atoms with E-state index in [1.807, 2.05) is 36.1 Å². The van der Waals surface area contributed by atoms with Crippen molar-refractivity contribution in [2.75, 3.05) is 18.0 Å². The molecule has 0 aromatic heterocycles. The highest BCUT2D eigenvalue weighted by atomic mass is 16.2. The lowest BCUT2D eigenvalue weighted by Gasteiger charge is -2.39. The summed E-state index contributed by atoms with van der Waals surface area (Å²) in [5, 5.41) is 0. The van der Waals surface area contributed by atoms with E-state index in [-0.39, 0.29) is 11.8 Å². The van der Waals surface area contributed by atoms with E-state index in [0.717, 1.165) is 18.5 Å². The topological polar surface area (TPSA) is 40.6 Å². The predicted octanol–water partition coefficient (Wildman–Crippen LogP) is 3.05. The first-order chi connectivity index (χ1) is 12.1. The summed E-state index contributed by atoms with van der Waals surface area (Å²) in [7, 11) is 0. The van der Waals surface area contributed by atoms with Gasteiger partial charge < -0.3 is 9.80 Å². The van der Waals surface area contributed by atoms with Gasteiger partial charge in [-0.15, -0.1) is 0 Å². The second-order valence-electron chi connectivity index (χ2n) is 6.84. The Morgan fingerprint density at radius 3 is 2.56 bits per heavy atom. The number of piperazine rings is 1. The Kier molecular flexibility index (Phi) is 4.04. The van der Waals surface area contributed by atoms with E-state index >= 15 is 0 Å². The second-order valence-corrected chi connectivity index (χ2v) is 6.84. The van der Waals surface area contributed by atoms with Crippen molar-refractivity contribution < 1.29 is 9.59 Å². The number of benzene rings is 2. The van der Waals surface area contributed by atoms with Gasteiger partial charge in [-0.05, 0) is 61.6 Å². The summed E-state index contributed by atoms with van der Waals surface area (Å²) in [4.78, 5) is 29.1. The fraction of sp³-hybridized carbons (Fsp3) is 0.333. The maximum Gasteiger partial charge on any atom is 0.254 e. The van der Waals surface area contributed by atoms with Gasteiger partial charge in [0.05, 0.1) is 0 Å². The molecule has 2 amide bonds. The van der Waals surface area contributed by atoms with Gasteiger partial charge in [0.1, 0.15) is 6.04 Å². The Balaban J connectivity index is 1.54. The number of fused-ring (bicyclic) bond motifs is 1. The molecule has 2 aliphatic rings. The molecule has 0 bridgehead atoms. The third-order valence-electron chi connectivity index (χ3n) is 5.33. The van der Waals surface area contributed by atoms with E-state index in [1.54, 1.807) is 17.0 Å². The first-order valence-electron chi connectivity index (χ1n) is 8.94. The molecule has 1 aliphatic heterocycles. The van der Waals surface area contributed by atoms with Gasteiger partial charge >= 0.3 is 0 Å². The average Bonchev–Trinajstić information content (AvgIpc) is 3.12. The number of anilines is 1. The third kappa shape index (κ3) is 2.82. The number of carbonyl (C=O) groups excluding carboxylic acids is 2. The Labute approximate surface area is 148 Å². The Morgan fingerprint density at radius 1 is 1.00 bits per heavy atom. The smallest absolute Gasteiger partial charge is 0.254 e. The normalized spacial score (nSPS) is 19.9. The van der Waals surface area contributed by atoms with Crippen LogP contribution in [0.25, 0.3) is 0 Å². The van der Waals surface area contributed by atoms with E-state index in [2.05, 4.69) is 12.1 Å². The van der Waals surface area contributed by atoms with E-state index in [9.17, 15) is 9.59 Å². The van der Waals surface area contributed by atoms with Crippen LogP contribution in [0.4, 0.5) is 5.69 Å². The van der Waals surface area contributed by atoms with Crippen LogP contribution in [0.5, 0.6) is 0 Å². The summed E-state index contributed by atoms with van der Waals surface area (Å²) < 4.78 is 0.